The second kappa shape index (κ2) is 11.9. The van der Waals surface area contributed by atoms with Gasteiger partial charge >= 0.3 is 5.97 Å². The third kappa shape index (κ3) is 6.44. The van der Waals surface area contributed by atoms with Crippen LogP contribution in [0.25, 0.3) is 22.5 Å². The molecule has 37 heavy (non-hydrogen) atoms. The van der Waals surface area contributed by atoms with Gasteiger partial charge in [-0.15, -0.1) is 0 Å². The van der Waals surface area contributed by atoms with Crippen molar-refractivity contribution in [2.75, 3.05) is 25.3 Å². The predicted molar refractivity (Wildman–Crippen MR) is 145 cm³/mol. The van der Waals surface area contributed by atoms with E-state index in [1.54, 1.807) is 20.3 Å². The fourth-order valence-electron chi connectivity index (χ4n) is 3.58. The number of amides is 1. The van der Waals surface area contributed by atoms with Crippen molar-refractivity contribution in [1.82, 2.24) is 9.97 Å². The molecule has 0 unspecified atom stereocenters. The number of aromatic nitrogens is 2. The molecule has 3 aromatic carbocycles. The Bertz CT molecular complexity index is 1340. The molecule has 10 heteroatoms. The van der Waals surface area contributed by atoms with Gasteiger partial charge in [0.25, 0.3) is 0 Å². The molecule has 1 heterocycles. The van der Waals surface area contributed by atoms with Crippen molar-refractivity contribution >= 4 is 40.9 Å². The minimum absolute atomic E-state index is 0.0680. The average molecular weight is 538 g/mol. The van der Waals surface area contributed by atoms with Gasteiger partial charge in [0.05, 0.1) is 36.2 Å². The van der Waals surface area contributed by atoms with Crippen LogP contribution < -0.4 is 14.8 Å². The lowest BCUT2D eigenvalue weighted by Crippen LogP contribution is -2.13. The number of hydrogen-bond acceptors (Lipinski definition) is 6. The minimum Gasteiger partial charge on any atom is -0.497 e. The van der Waals surface area contributed by atoms with Crippen LogP contribution in [0.2, 0.25) is 5.02 Å². The van der Waals surface area contributed by atoms with Crippen molar-refractivity contribution in [3.05, 3.63) is 77.3 Å². The second-order valence-electron chi connectivity index (χ2n) is 7.87. The van der Waals surface area contributed by atoms with Gasteiger partial charge in [-0.1, -0.05) is 23.4 Å². The number of carbonyl (C=O) groups is 2. The Kier molecular flexibility index (Phi) is 8.37. The van der Waals surface area contributed by atoms with Gasteiger partial charge in [-0.05, 0) is 66.7 Å². The first-order valence-corrected chi connectivity index (χ1v) is 12.6. The Labute approximate surface area is 223 Å². The van der Waals surface area contributed by atoms with Crippen LogP contribution in [0.4, 0.5) is 5.69 Å². The number of carbonyl (C=O) groups excluding carboxylic acids is 1. The molecule has 0 saturated carbocycles. The molecule has 0 radical (unpaired) electrons. The molecule has 0 fully saturated rings. The number of H-pyrrole nitrogens is 1. The van der Waals surface area contributed by atoms with Crippen LogP contribution in [0.1, 0.15) is 16.8 Å². The lowest BCUT2D eigenvalue weighted by atomic mass is 10.0. The zero-order chi connectivity index (χ0) is 26.4. The number of nitrogens with zero attached hydrogens (tertiary/aromatic N) is 1. The van der Waals surface area contributed by atoms with E-state index in [0.29, 0.717) is 16.6 Å². The zero-order valence-electron chi connectivity index (χ0n) is 20.1. The molecule has 0 spiro atoms. The van der Waals surface area contributed by atoms with E-state index in [0.717, 1.165) is 34.0 Å². The van der Waals surface area contributed by atoms with Gasteiger partial charge in [-0.2, -0.15) is 0 Å². The highest BCUT2D eigenvalue weighted by Gasteiger charge is 2.16. The predicted octanol–water partition coefficient (Wildman–Crippen LogP) is 6.23. The number of ether oxygens (including phenoxy) is 2. The number of halogens is 1. The fraction of sp³-hybridized carbons (Fsp3) is 0.148. The number of benzene rings is 3. The molecule has 0 aliphatic carbocycles. The van der Waals surface area contributed by atoms with E-state index in [1.807, 2.05) is 48.5 Å². The monoisotopic (exact) mass is 537 g/mol. The number of aromatic amines is 1. The Hall–Kier alpha value is -3.95. The summed E-state index contributed by atoms with van der Waals surface area (Å²) in [5.41, 5.74) is 3.80. The molecule has 3 N–H and O–H groups in total. The van der Waals surface area contributed by atoms with Gasteiger partial charge in [0.15, 0.2) is 5.16 Å². The number of rotatable bonds is 10. The molecular formula is C27H24ClN3O5S. The van der Waals surface area contributed by atoms with Crippen LogP contribution in [-0.4, -0.2) is 46.9 Å². The summed E-state index contributed by atoms with van der Waals surface area (Å²) in [7, 11) is 3.24. The Morgan fingerprint density at radius 2 is 1.59 bits per heavy atom. The van der Waals surface area contributed by atoms with E-state index in [9.17, 15) is 14.7 Å². The fourth-order valence-corrected chi connectivity index (χ4v) is 4.58. The first-order chi connectivity index (χ1) is 17.9. The molecule has 4 aromatic rings. The van der Waals surface area contributed by atoms with Crippen molar-refractivity contribution < 1.29 is 24.2 Å². The van der Waals surface area contributed by atoms with Crippen LogP contribution in [0.5, 0.6) is 11.5 Å². The first-order valence-electron chi connectivity index (χ1n) is 11.2. The summed E-state index contributed by atoms with van der Waals surface area (Å²) in [6, 6.07) is 19.7. The number of thioether (sulfide) groups is 1. The summed E-state index contributed by atoms with van der Waals surface area (Å²) < 4.78 is 10.5. The smallest absolute Gasteiger partial charge is 0.337 e. The normalized spacial score (nSPS) is 10.7. The van der Waals surface area contributed by atoms with Gasteiger partial charge in [0.1, 0.15) is 11.5 Å². The third-order valence-electron chi connectivity index (χ3n) is 5.47. The average Bonchev–Trinajstić information content (AvgIpc) is 3.33. The molecule has 0 saturated heterocycles. The lowest BCUT2D eigenvalue weighted by Gasteiger charge is -2.07. The number of nitrogens with one attached hydrogen (secondary N) is 2. The summed E-state index contributed by atoms with van der Waals surface area (Å²) in [5.74, 6) is 0.564. The van der Waals surface area contributed by atoms with Crippen molar-refractivity contribution in [2.45, 2.75) is 11.6 Å². The number of aromatic carboxylic acids is 1. The van der Waals surface area contributed by atoms with E-state index >= 15 is 0 Å². The molecule has 190 valence electrons. The van der Waals surface area contributed by atoms with Crippen molar-refractivity contribution in [2.24, 2.45) is 0 Å². The highest BCUT2D eigenvalue weighted by Crippen LogP contribution is 2.34. The maximum absolute atomic E-state index is 12.4. The molecule has 0 bridgehead atoms. The summed E-state index contributed by atoms with van der Waals surface area (Å²) in [6.45, 7) is 0. The maximum atomic E-state index is 12.4. The van der Waals surface area contributed by atoms with Gasteiger partial charge in [-0.3, -0.25) is 4.79 Å². The van der Waals surface area contributed by atoms with Gasteiger partial charge in [0, 0.05) is 29.0 Å². The number of carboxylic acid groups (broad SMARTS) is 1. The first kappa shape index (κ1) is 26.1. The Balaban J connectivity index is 1.48. The number of hydrogen-bond donors (Lipinski definition) is 3. The van der Waals surface area contributed by atoms with Crippen molar-refractivity contribution in [1.29, 1.82) is 0 Å². The van der Waals surface area contributed by atoms with Crippen molar-refractivity contribution in [3.63, 3.8) is 0 Å². The van der Waals surface area contributed by atoms with Gasteiger partial charge in [0.2, 0.25) is 5.91 Å². The van der Waals surface area contributed by atoms with Gasteiger partial charge < -0.3 is 24.9 Å². The minimum atomic E-state index is -1.16. The second-order valence-corrected chi connectivity index (χ2v) is 9.36. The standard InChI is InChI=1S/C27H24ClN3O5S/c1-35-19-8-3-16(4-9-19)24-25(17-5-10-20(36-2)11-6-17)31-27(30-24)37-14-13-23(32)29-18-7-12-22(28)21(15-18)26(33)34/h3-12,15H,13-14H2,1-2H3,(H,29,32)(H,30,31)(H,33,34). The van der Waals surface area contributed by atoms with E-state index in [4.69, 9.17) is 26.1 Å². The highest BCUT2D eigenvalue weighted by molar-refractivity contribution is 7.99. The van der Waals surface area contributed by atoms with E-state index in [-0.39, 0.29) is 22.9 Å². The molecule has 4 rings (SSSR count). The molecule has 1 amide bonds. The summed E-state index contributed by atoms with van der Waals surface area (Å²) in [5, 5.41) is 12.7. The summed E-state index contributed by atoms with van der Waals surface area (Å²) in [4.78, 5) is 31.9. The number of carboxylic acids is 1. The maximum Gasteiger partial charge on any atom is 0.337 e. The molecular weight excluding hydrogens is 514 g/mol. The quantitative estimate of drug-likeness (QED) is 0.205. The number of methoxy groups -OCH3 is 2. The number of imidazole rings is 1. The molecule has 0 aliphatic heterocycles. The summed E-state index contributed by atoms with van der Waals surface area (Å²) in [6.07, 6.45) is 0.201. The van der Waals surface area contributed by atoms with Gasteiger partial charge in [-0.25, -0.2) is 9.78 Å². The largest absolute Gasteiger partial charge is 0.497 e. The van der Waals surface area contributed by atoms with E-state index in [2.05, 4.69) is 10.3 Å². The van der Waals surface area contributed by atoms with Crippen molar-refractivity contribution in [3.8, 4) is 34.0 Å². The van der Waals surface area contributed by atoms with E-state index < -0.39 is 5.97 Å². The van der Waals surface area contributed by atoms with Crippen LogP contribution in [0.3, 0.4) is 0 Å². The Morgan fingerprint density at radius 3 is 2.19 bits per heavy atom. The zero-order valence-corrected chi connectivity index (χ0v) is 21.7. The SMILES string of the molecule is COc1ccc(-c2nc(SCCC(=O)Nc3ccc(Cl)c(C(=O)O)c3)[nH]c2-c2ccc(OC)cc2)cc1. The third-order valence-corrected chi connectivity index (χ3v) is 6.68. The topological polar surface area (TPSA) is 114 Å². The Morgan fingerprint density at radius 1 is 0.973 bits per heavy atom. The highest BCUT2D eigenvalue weighted by atomic mass is 35.5. The molecule has 1 aromatic heterocycles. The van der Waals surface area contributed by atoms with Crippen LogP contribution in [0, 0.1) is 0 Å². The van der Waals surface area contributed by atoms with Crippen LogP contribution in [-0.2, 0) is 4.79 Å². The van der Waals surface area contributed by atoms with E-state index in [1.165, 1.54) is 23.9 Å². The lowest BCUT2D eigenvalue weighted by molar-refractivity contribution is -0.115. The van der Waals surface area contributed by atoms with Crippen LogP contribution >= 0.6 is 23.4 Å². The molecule has 0 atom stereocenters. The molecule has 8 nitrogen and oxygen atoms in total. The summed E-state index contributed by atoms with van der Waals surface area (Å²) >= 11 is 7.31. The van der Waals surface area contributed by atoms with Crippen LogP contribution in [0.15, 0.2) is 71.9 Å². The molecule has 0 aliphatic rings. The number of anilines is 1.